The van der Waals surface area contributed by atoms with Gasteiger partial charge in [-0.25, -0.2) is 4.39 Å². The van der Waals surface area contributed by atoms with E-state index in [9.17, 15) is 9.18 Å². The molecule has 0 unspecified atom stereocenters. The van der Waals surface area contributed by atoms with E-state index in [-0.39, 0.29) is 5.82 Å². The van der Waals surface area contributed by atoms with Crippen molar-refractivity contribution in [2.24, 2.45) is 0 Å². The van der Waals surface area contributed by atoms with Crippen molar-refractivity contribution in [3.05, 3.63) is 89.2 Å². The normalized spacial score (nSPS) is 13.1. The number of rotatable bonds is 7. The average Bonchev–Trinajstić information content (AvgIpc) is 2.77. The second kappa shape index (κ2) is 8.91. The maximum atomic E-state index is 14.2. The van der Waals surface area contributed by atoms with Gasteiger partial charge in [0.05, 0.1) is 0 Å². The van der Waals surface area contributed by atoms with Crippen molar-refractivity contribution in [3.8, 4) is 5.75 Å². The molecular weight excluding hydrogens is 365 g/mol. The molecule has 3 aromatic rings. The number of fused-ring (bicyclic) bond motifs is 1. The molecule has 3 aromatic carbocycles. The van der Waals surface area contributed by atoms with E-state index in [1.54, 1.807) is 12.1 Å². The molecule has 0 aliphatic carbocycles. The third-order valence-corrected chi connectivity index (χ3v) is 5.30. The van der Waals surface area contributed by atoms with Crippen molar-refractivity contribution in [2.45, 2.75) is 32.3 Å². The third-order valence-electron chi connectivity index (χ3n) is 5.30. The Morgan fingerprint density at radius 1 is 1.03 bits per heavy atom. The fourth-order valence-corrected chi connectivity index (χ4v) is 3.79. The second-order valence-electron chi connectivity index (χ2n) is 7.30. The minimum absolute atomic E-state index is 0.324. The van der Waals surface area contributed by atoms with Gasteiger partial charge in [-0.2, -0.15) is 0 Å². The van der Waals surface area contributed by atoms with E-state index < -0.39 is 0 Å². The molecule has 1 aliphatic rings. The molecule has 0 aromatic heterocycles. The van der Waals surface area contributed by atoms with Crippen molar-refractivity contribution in [1.29, 1.82) is 0 Å². The number of hydrogen-bond donors (Lipinski definition) is 0. The molecular formula is C25H24FNO2. The van der Waals surface area contributed by atoms with E-state index in [4.69, 9.17) is 4.74 Å². The maximum absolute atomic E-state index is 14.2. The molecule has 0 radical (unpaired) electrons. The Bertz CT molecular complexity index is 987. The second-order valence-corrected chi connectivity index (χ2v) is 7.30. The van der Waals surface area contributed by atoms with Crippen LogP contribution in [0, 0.1) is 5.82 Å². The highest BCUT2D eigenvalue weighted by atomic mass is 19.1. The van der Waals surface area contributed by atoms with Gasteiger partial charge in [0.15, 0.2) is 0 Å². The van der Waals surface area contributed by atoms with E-state index in [1.165, 1.54) is 23.0 Å². The van der Waals surface area contributed by atoms with Crippen molar-refractivity contribution in [3.63, 3.8) is 0 Å². The SMILES string of the molecule is O=CCCc1ccc(OCc2ccc3c(c2)N(c2ccccc2)CCC3)cc1F. The average molecular weight is 389 g/mol. The standard InChI is InChI=1S/C25H24FNO2/c26-24-17-23(13-12-20(24)7-5-15-28)29-18-19-10-11-21-6-4-14-27(25(21)16-19)22-8-2-1-3-9-22/h1-3,8-13,15-17H,4-7,14,18H2. The van der Waals surface area contributed by atoms with E-state index in [0.29, 0.717) is 30.8 Å². The lowest BCUT2D eigenvalue weighted by Gasteiger charge is -2.32. The number of para-hydroxylation sites is 1. The Labute approximate surface area is 170 Å². The van der Waals surface area contributed by atoms with Crippen LogP contribution >= 0.6 is 0 Å². The molecule has 29 heavy (non-hydrogen) atoms. The zero-order valence-electron chi connectivity index (χ0n) is 16.3. The third kappa shape index (κ3) is 4.48. The molecule has 0 N–H and O–H groups in total. The van der Waals surface area contributed by atoms with Crippen molar-refractivity contribution in [1.82, 2.24) is 0 Å². The van der Waals surface area contributed by atoms with Crippen LogP contribution < -0.4 is 9.64 Å². The van der Waals surface area contributed by atoms with Crippen LogP contribution in [0.1, 0.15) is 29.5 Å². The van der Waals surface area contributed by atoms with E-state index in [1.807, 2.05) is 6.07 Å². The number of ether oxygens (including phenoxy) is 1. The summed E-state index contributed by atoms with van der Waals surface area (Å²) in [6, 6.07) is 21.7. The van der Waals surface area contributed by atoms with Crippen LogP contribution in [0.15, 0.2) is 66.7 Å². The number of aldehydes is 1. The number of carbonyl (C=O) groups is 1. The van der Waals surface area contributed by atoms with Gasteiger partial charge in [-0.3, -0.25) is 0 Å². The topological polar surface area (TPSA) is 29.5 Å². The Hall–Kier alpha value is -3.14. The molecule has 148 valence electrons. The van der Waals surface area contributed by atoms with Crippen LogP contribution in [-0.2, 0) is 24.2 Å². The maximum Gasteiger partial charge on any atom is 0.130 e. The summed E-state index contributed by atoms with van der Waals surface area (Å²) < 4.78 is 20.0. The van der Waals surface area contributed by atoms with Crippen molar-refractivity contribution in [2.75, 3.05) is 11.4 Å². The summed E-state index contributed by atoms with van der Waals surface area (Å²) in [7, 11) is 0. The summed E-state index contributed by atoms with van der Waals surface area (Å²) in [5, 5.41) is 0. The zero-order valence-corrected chi connectivity index (χ0v) is 16.3. The Morgan fingerprint density at radius 3 is 2.69 bits per heavy atom. The number of nitrogens with zero attached hydrogens (tertiary/aromatic N) is 1. The molecule has 3 nitrogen and oxygen atoms in total. The van der Waals surface area contributed by atoms with Crippen LogP contribution in [0.25, 0.3) is 0 Å². The smallest absolute Gasteiger partial charge is 0.130 e. The largest absolute Gasteiger partial charge is 0.489 e. The van der Waals surface area contributed by atoms with Crippen LogP contribution in [0.4, 0.5) is 15.8 Å². The molecule has 1 aliphatic heterocycles. The van der Waals surface area contributed by atoms with Gasteiger partial charge >= 0.3 is 0 Å². The number of benzene rings is 3. The van der Waals surface area contributed by atoms with Crippen LogP contribution in [-0.4, -0.2) is 12.8 Å². The summed E-state index contributed by atoms with van der Waals surface area (Å²) in [5.74, 6) is 0.167. The van der Waals surface area contributed by atoms with Crippen molar-refractivity contribution >= 4 is 17.7 Å². The number of anilines is 2. The predicted octanol–water partition coefficient (Wildman–Crippen LogP) is 5.62. The molecule has 0 atom stereocenters. The first kappa shape index (κ1) is 19.2. The molecule has 0 saturated carbocycles. The minimum Gasteiger partial charge on any atom is -0.489 e. The molecule has 0 saturated heterocycles. The first-order valence-electron chi connectivity index (χ1n) is 10.0. The summed E-state index contributed by atoms with van der Waals surface area (Å²) in [6.45, 7) is 1.37. The van der Waals surface area contributed by atoms with Gasteiger partial charge in [-0.15, -0.1) is 0 Å². The highest BCUT2D eigenvalue weighted by molar-refractivity contribution is 5.68. The number of carbonyl (C=O) groups excluding carboxylic acids is 1. The molecule has 1 heterocycles. The van der Waals surface area contributed by atoms with Crippen LogP contribution in [0.5, 0.6) is 5.75 Å². The highest BCUT2D eigenvalue weighted by Crippen LogP contribution is 2.34. The molecule has 0 spiro atoms. The number of halogens is 1. The molecule has 0 amide bonds. The molecule has 4 heteroatoms. The number of hydrogen-bond acceptors (Lipinski definition) is 3. The summed E-state index contributed by atoms with van der Waals surface area (Å²) >= 11 is 0. The van der Waals surface area contributed by atoms with E-state index >= 15 is 0 Å². The first-order chi connectivity index (χ1) is 14.2. The summed E-state index contributed by atoms with van der Waals surface area (Å²) in [6.07, 6.45) is 3.75. The van der Waals surface area contributed by atoms with Gasteiger partial charge < -0.3 is 14.4 Å². The predicted molar refractivity (Wildman–Crippen MR) is 113 cm³/mol. The lowest BCUT2D eigenvalue weighted by molar-refractivity contribution is -0.107. The van der Waals surface area contributed by atoms with Gasteiger partial charge in [0.1, 0.15) is 24.5 Å². The molecule has 0 bridgehead atoms. The van der Waals surface area contributed by atoms with Gasteiger partial charge in [0.2, 0.25) is 0 Å². The van der Waals surface area contributed by atoms with Gasteiger partial charge in [0.25, 0.3) is 0 Å². The Balaban J connectivity index is 1.49. The summed E-state index contributed by atoms with van der Waals surface area (Å²) in [4.78, 5) is 12.8. The minimum atomic E-state index is -0.329. The van der Waals surface area contributed by atoms with Gasteiger partial charge in [0, 0.05) is 30.4 Å². The van der Waals surface area contributed by atoms with Gasteiger partial charge in [-0.1, -0.05) is 36.4 Å². The fourth-order valence-electron chi connectivity index (χ4n) is 3.79. The first-order valence-corrected chi connectivity index (χ1v) is 10.0. The quantitative estimate of drug-likeness (QED) is 0.491. The monoisotopic (exact) mass is 389 g/mol. The Kier molecular flexibility index (Phi) is 5.89. The van der Waals surface area contributed by atoms with Crippen molar-refractivity contribution < 1.29 is 13.9 Å². The molecule has 0 fully saturated rings. The lowest BCUT2D eigenvalue weighted by atomic mass is 9.99. The Morgan fingerprint density at radius 2 is 1.90 bits per heavy atom. The number of aryl methyl sites for hydroxylation is 2. The zero-order chi connectivity index (χ0) is 20.1. The van der Waals surface area contributed by atoms with Crippen LogP contribution in [0.3, 0.4) is 0 Å². The lowest BCUT2D eigenvalue weighted by Crippen LogP contribution is -2.24. The van der Waals surface area contributed by atoms with E-state index in [2.05, 4.69) is 47.4 Å². The fraction of sp³-hybridized carbons (Fsp3) is 0.240. The highest BCUT2D eigenvalue weighted by Gasteiger charge is 2.18. The summed E-state index contributed by atoms with van der Waals surface area (Å²) in [5.41, 5.74) is 5.35. The van der Waals surface area contributed by atoms with Crippen LogP contribution in [0.2, 0.25) is 0 Å². The van der Waals surface area contributed by atoms with E-state index in [0.717, 1.165) is 31.2 Å². The molecule has 4 rings (SSSR count). The van der Waals surface area contributed by atoms with Gasteiger partial charge in [-0.05, 0) is 60.2 Å².